The normalized spacial score (nSPS) is 10.4. The Kier molecular flexibility index (Phi) is 17.6. The molecule has 13 heteroatoms. The molecule has 2 N–H and O–H groups in total. The number of hydrogen-bond acceptors (Lipinski definition) is 7. The van der Waals surface area contributed by atoms with Crippen molar-refractivity contribution in [3.63, 3.8) is 0 Å². The molecular formula is C33H45ClN8O4. The van der Waals surface area contributed by atoms with Gasteiger partial charge in [0, 0.05) is 67.5 Å². The Morgan fingerprint density at radius 3 is 1.57 bits per heavy atom. The third-order valence-electron chi connectivity index (χ3n) is 5.27. The highest BCUT2D eigenvalue weighted by atomic mass is 35.5. The van der Waals surface area contributed by atoms with E-state index >= 15 is 0 Å². The Balaban J connectivity index is 0.000000348. The quantitative estimate of drug-likeness (QED) is 0.212. The first kappa shape index (κ1) is 38.9. The van der Waals surface area contributed by atoms with Crippen molar-refractivity contribution in [3.8, 4) is 11.5 Å². The number of aliphatic imine (C=N–C) groups is 3. The standard InChI is InChI=1S/C12H17N3O2.C11H15N3O2.C10H13ClN2/c1-9-7-10(17-12(16)13-2)5-6-11(9)14-8-15(3)4;1-12-11(15)16-10-6-4-5-9(7-10)13-8-14(2)3;1-8-6-9(11)4-5-10(8)12-7-13(2)3/h5-8H,1-4H3,(H,13,16);4-8H,1-3H3,(H,12,15);4-7H,1-3H3. The highest BCUT2D eigenvalue weighted by molar-refractivity contribution is 6.30. The average Bonchev–Trinajstić information content (AvgIpc) is 2.99. The third kappa shape index (κ3) is 16.7. The van der Waals surface area contributed by atoms with Gasteiger partial charge in [-0.3, -0.25) is 0 Å². The summed E-state index contributed by atoms with van der Waals surface area (Å²) in [5.41, 5.74) is 4.58. The van der Waals surface area contributed by atoms with Crippen molar-refractivity contribution in [2.24, 2.45) is 15.0 Å². The van der Waals surface area contributed by atoms with E-state index in [-0.39, 0.29) is 0 Å². The van der Waals surface area contributed by atoms with Crippen LogP contribution in [0.4, 0.5) is 26.7 Å². The van der Waals surface area contributed by atoms with Gasteiger partial charge in [0.1, 0.15) is 11.5 Å². The van der Waals surface area contributed by atoms with E-state index in [9.17, 15) is 9.59 Å². The van der Waals surface area contributed by atoms with Crippen LogP contribution in [0.2, 0.25) is 5.02 Å². The molecule has 0 saturated heterocycles. The maximum atomic E-state index is 11.0. The summed E-state index contributed by atoms with van der Waals surface area (Å²) in [4.78, 5) is 40.3. The molecule has 3 aromatic rings. The van der Waals surface area contributed by atoms with Gasteiger partial charge in [0.05, 0.1) is 36.1 Å². The van der Waals surface area contributed by atoms with Gasteiger partial charge in [-0.15, -0.1) is 0 Å². The zero-order valence-electron chi connectivity index (χ0n) is 28.2. The second kappa shape index (κ2) is 20.8. The maximum absolute atomic E-state index is 11.0. The number of amides is 2. The highest BCUT2D eigenvalue weighted by Gasteiger charge is 2.04. The Morgan fingerprint density at radius 2 is 1.11 bits per heavy atom. The summed E-state index contributed by atoms with van der Waals surface area (Å²) >= 11 is 5.82. The molecule has 0 heterocycles. The summed E-state index contributed by atoms with van der Waals surface area (Å²) in [6.07, 6.45) is 4.21. The highest BCUT2D eigenvalue weighted by Crippen LogP contribution is 2.24. The fourth-order valence-corrected chi connectivity index (χ4v) is 3.31. The Morgan fingerprint density at radius 1 is 0.652 bits per heavy atom. The summed E-state index contributed by atoms with van der Waals surface area (Å²) < 4.78 is 9.99. The minimum atomic E-state index is -0.492. The van der Waals surface area contributed by atoms with Gasteiger partial charge < -0.3 is 34.8 Å². The molecule has 248 valence electrons. The van der Waals surface area contributed by atoms with Crippen LogP contribution in [0.3, 0.4) is 0 Å². The molecule has 0 unspecified atom stereocenters. The Labute approximate surface area is 277 Å². The maximum Gasteiger partial charge on any atom is 0.412 e. The van der Waals surface area contributed by atoms with Crippen LogP contribution in [0.25, 0.3) is 0 Å². The predicted molar refractivity (Wildman–Crippen MR) is 189 cm³/mol. The lowest BCUT2D eigenvalue weighted by molar-refractivity contribution is 0.202. The monoisotopic (exact) mass is 652 g/mol. The van der Waals surface area contributed by atoms with Crippen molar-refractivity contribution in [1.29, 1.82) is 0 Å². The number of nitrogens with zero attached hydrogens (tertiary/aromatic N) is 6. The lowest BCUT2D eigenvalue weighted by Crippen LogP contribution is -2.21. The first-order valence-corrected chi connectivity index (χ1v) is 14.5. The topological polar surface area (TPSA) is 123 Å². The molecule has 3 aromatic carbocycles. The molecule has 3 rings (SSSR count). The van der Waals surface area contributed by atoms with Crippen LogP contribution in [0.1, 0.15) is 11.1 Å². The fraction of sp³-hybridized carbons (Fsp3) is 0.303. The molecule has 0 radical (unpaired) electrons. The van der Waals surface area contributed by atoms with Crippen molar-refractivity contribution >= 4 is 59.9 Å². The lowest BCUT2D eigenvalue weighted by atomic mass is 10.2. The number of nitrogens with one attached hydrogen (secondary N) is 2. The summed E-state index contributed by atoms with van der Waals surface area (Å²) in [5, 5.41) is 5.52. The van der Waals surface area contributed by atoms with Crippen LogP contribution in [0.15, 0.2) is 75.6 Å². The Hall–Kier alpha value is -5.10. The first-order valence-electron chi connectivity index (χ1n) is 14.1. The minimum Gasteiger partial charge on any atom is -0.410 e. The zero-order valence-corrected chi connectivity index (χ0v) is 29.0. The van der Waals surface area contributed by atoms with Gasteiger partial charge in [-0.05, 0) is 73.5 Å². The molecule has 0 saturated carbocycles. The van der Waals surface area contributed by atoms with Crippen molar-refractivity contribution in [3.05, 3.63) is 76.8 Å². The molecular weight excluding hydrogens is 608 g/mol. The molecule has 46 heavy (non-hydrogen) atoms. The van der Waals surface area contributed by atoms with Crippen molar-refractivity contribution in [1.82, 2.24) is 25.3 Å². The summed E-state index contributed by atoms with van der Waals surface area (Å²) in [7, 11) is 14.5. The van der Waals surface area contributed by atoms with E-state index in [1.807, 2.05) is 101 Å². The number of hydrogen-bond donors (Lipinski definition) is 2. The molecule has 2 amide bonds. The molecule has 0 bridgehead atoms. The summed E-state index contributed by atoms with van der Waals surface area (Å²) in [6.45, 7) is 3.91. The molecule has 12 nitrogen and oxygen atoms in total. The molecule has 0 aromatic heterocycles. The first-order chi connectivity index (χ1) is 21.7. The van der Waals surface area contributed by atoms with Crippen LogP contribution in [-0.4, -0.2) is 102 Å². The fourth-order valence-electron chi connectivity index (χ4n) is 3.08. The predicted octanol–water partition coefficient (Wildman–Crippen LogP) is 6.43. The van der Waals surface area contributed by atoms with Gasteiger partial charge in [0.15, 0.2) is 0 Å². The van der Waals surface area contributed by atoms with Gasteiger partial charge in [0.2, 0.25) is 0 Å². The second-order valence-electron chi connectivity index (χ2n) is 10.3. The summed E-state index contributed by atoms with van der Waals surface area (Å²) in [6, 6.07) is 18.0. The van der Waals surface area contributed by atoms with Crippen molar-refractivity contribution in [2.45, 2.75) is 13.8 Å². The number of rotatable bonds is 8. The third-order valence-corrected chi connectivity index (χ3v) is 5.50. The number of carbonyl (C=O) groups excluding carboxylic acids is 2. The number of benzene rings is 3. The van der Waals surface area contributed by atoms with E-state index in [0.29, 0.717) is 11.5 Å². The van der Waals surface area contributed by atoms with Gasteiger partial charge >= 0.3 is 12.2 Å². The molecule has 0 aliphatic rings. The molecule has 0 fully saturated rings. The van der Waals surface area contributed by atoms with Gasteiger partial charge in [-0.1, -0.05) is 17.7 Å². The van der Waals surface area contributed by atoms with Gasteiger partial charge in [-0.2, -0.15) is 0 Å². The average molecular weight is 653 g/mol. The van der Waals surface area contributed by atoms with E-state index in [0.717, 1.165) is 33.2 Å². The second-order valence-corrected chi connectivity index (χ2v) is 10.7. The largest absolute Gasteiger partial charge is 0.412 e. The van der Waals surface area contributed by atoms with Crippen LogP contribution >= 0.6 is 11.6 Å². The molecule has 0 aliphatic heterocycles. The van der Waals surface area contributed by atoms with Crippen molar-refractivity contribution < 1.29 is 19.1 Å². The van der Waals surface area contributed by atoms with Crippen LogP contribution < -0.4 is 20.1 Å². The molecule has 0 spiro atoms. The zero-order chi connectivity index (χ0) is 34.6. The molecule has 0 aliphatic carbocycles. The smallest absolute Gasteiger partial charge is 0.410 e. The van der Waals surface area contributed by atoms with E-state index < -0.39 is 12.2 Å². The van der Waals surface area contributed by atoms with Crippen molar-refractivity contribution in [2.75, 3.05) is 56.4 Å². The molecule has 0 atom stereocenters. The number of aryl methyl sites for hydroxylation is 2. The Bertz CT molecular complexity index is 1490. The number of carbonyl (C=O) groups is 2. The minimum absolute atomic E-state index is 0.466. The lowest BCUT2D eigenvalue weighted by Gasteiger charge is -2.07. The SMILES string of the molecule is CNC(=O)Oc1ccc(N=CN(C)C)c(C)c1.CNC(=O)Oc1cccc(N=CN(C)C)c1.Cc1cc(Cl)ccc1N=CN(C)C. The van der Waals surface area contributed by atoms with E-state index in [2.05, 4.69) is 25.6 Å². The van der Waals surface area contributed by atoms with E-state index in [1.165, 1.54) is 14.1 Å². The number of halogens is 1. The van der Waals surface area contributed by atoms with Crippen LogP contribution in [-0.2, 0) is 0 Å². The van der Waals surface area contributed by atoms with E-state index in [4.69, 9.17) is 21.1 Å². The van der Waals surface area contributed by atoms with Gasteiger partial charge in [0.25, 0.3) is 0 Å². The van der Waals surface area contributed by atoms with Crippen LogP contribution in [0.5, 0.6) is 11.5 Å². The van der Waals surface area contributed by atoms with E-state index in [1.54, 1.807) is 49.3 Å². The summed E-state index contributed by atoms with van der Waals surface area (Å²) in [5.74, 6) is 0.971. The van der Waals surface area contributed by atoms with Gasteiger partial charge in [-0.25, -0.2) is 24.6 Å². The van der Waals surface area contributed by atoms with Crippen LogP contribution in [0, 0.1) is 13.8 Å². The number of ether oxygens (including phenoxy) is 2.